The van der Waals surface area contributed by atoms with Gasteiger partial charge in [0.2, 0.25) is 0 Å². The minimum atomic E-state index is -1.29. The van der Waals surface area contributed by atoms with Gasteiger partial charge in [-0.3, -0.25) is 4.79 Å². The number of carboxylic acid groups (broad SMARTS) is 1. The fraction of sp³-hybridized carbons (Fsp3) is 0.900. The zero-order valence-electron chi connectivity index (χ0n) is 9.43. The third-order valence-corrected chi connectivity index (χ3v) is 3.47. The average Bonchev–Trinajstić information content (AvgIpc) is 2.56. The highest BCUT2D eigenvalue weighted by Crippen LogP contribution is 2.42. The maximum absolute atomic E-state index is 11.2. The fourth-order valence-electron chi connectivity index (χ4n) is 2.49. The van der Waals surface area contributed by atoms with Crippen LogP contribution in [0.4, 0.5) is 0 Å². The van der Waals surface area contributed by atoms with Gasteiger partial charge < -0.3 is 20.9 Å². The third kappa shape index (κ3) is 3.47. The number of nitrogens with two attached hydrogens (primary N) is 1. The van der Waals surface area contributed by atoms with Crippen molar-refractivity contribution in [1.29, 1.82) is 0 Å². The molecule has 92 valence electrons. The first-order chi connectivity index (χ1) is 7.46. The summed E-state index contributed by atoms with van der Waals surface area (Å²) in [4.78, 5) is 11.2. The predicted octanol–water partition coefficient (Wildman–Crippen LogP) is 0.212. The number of hydrogen-bond donors (Lipinski definition) is 4. The number of rotatable bonds is 6. The van der Waals surface area contributed by atoms with Crippen molar-refractivity contribution in [2.24, 2.45) is 11.1 Å². The van der Waals surface area contributed by atoms with Crippen LogP contribution >= 0.6 is 0 Å². The van der Waals surface area contributed by atoms with Crippen molar-refractivity contribution < 1.29 is 19.9 Å². The van der Waals surface area contributed by atoms with Crippen molar-refractivity contribution in [3.63, 3.8) is 0 Å². The van der Waals surface area contributed by atoms with Gasteiger partial charge in [-0.1, -0.05) is 12.8 Å². The van der Waals surface area contributed by atoms with Crippen LogP contribution in [0.1, 0.15) is 38.5 Å². The Morgan fingerprint density at radius 1 is 1.44 bits per heavy atom. The largest absolute Gasteiger partial charge is 0.481 e. The van der Waals surface area contributed by atoms with Crippen LogP contribution in [0.15, 0.2) is 0 Å². The second-order valence-electron chi connectivity index (χ2n) is 4.81. The minimum absolute atomic E-state index is 0.000433. The van der Waals surface area contributed by atoms with Crippen molar-refractivity contribution in [2.75, 3.05) is 0 Å². The van der Waals surface area contributed by atoms with E-state index in [0.29, 0.717) is 38.4 Å². The summed E-state index contributed by atoms with van der Waals surface area (Å²) in [5.74, 6) is -0.759. The summed E-state index contributed by atoms with van der Waals surface area (Å²) in [6, 6.07) is -0.000433. The van der Waals surface area contributed by atoms with Gasteiger partial charge >= 0.3 is 13.1 Å². The monoisotopic (exact) mass is 229 g/mol. The zero-order valence-corrected chi connectivity index (χ0v) is 9.43. The first kappa shape index (κ1) is 13.5. The first-order valence-corrected chi connectivity index (χ1v) is 5.81. The summed E-state index contributed by atoms with van der Waals surface area (Å²) in [6.45, 7) is 0. The second kappa shape index (κ2) is 5.66. The number of carboxylic acids is 1. The topological polar surface area (TPSA) is 104 Å². The van der Waals surface area contributed by atoms with Gasteiger partial charge in [0.15, 0.2) is 0 Å². The van der Waals surface area contributed by atoms with E-state index in [4.69, 9.17) is 15.8 Å². The van der Waals surface area contributed by atoms with Crippen molar-refractivity contribution >= 4 is 13.1 Å². The molecule has 0 radical (unpaired) electrons. The molecular formula is C10H20BNO4. The van der Waals surface area contributed by atoms with E-state index in [2.05, 4.69) is 0 Å². The summed E-state index contributed by atoms with van der Waals surface area (Å²) in [7, 11) is -1.29. The fourth-order valence-corrected chi connectivity index (χ4v) is 2.49. The number of aliphatic carboxylic acids is 1. The maximum Gasteiger partial charge on any atom is 0.451 e. The Kier molecular flexibility index (Phi) is 4.77. The highest BCUT2D eigenvalue weighted by Gasteiger charge is 2.43. The molecule has 0 unspecified atom stereocenters. The Hall–Kier alpha value is -0.585. The highest BCUT2D eigenvalue weighted by atomic mass is 16.4. The Morgan fingerprint density at radius 2 is 2.12 bits per heavy atom. The molecule has 0 spiro atoms. The minimum Gasteiger partial charge on any atom is -0.481 e. The van der Waals surface area contributed by atoms with Gasteiger partial charge in [-0.2, -0.15) is 0 Å². The van der Waals surface area contributed by atoms with Gasteiger partial charge in [-0.15, -0.1) is 0 Å². The average molecular weight is 229 g/mol. The van der Waals surface area contributed by atoms with Crippen LogP contribution in [-0.4, -0.2) is 34.3 Å². The van der Waals surface area contributed by atoms with Crippen LogP contribution in [0.2, 0.25) is 6.32 Å². The highest BCUT2D eigenvalue weighted by molar-refractivity contribution is 6.40. The lowest BCUT2D eigenvalue weighted by Crippen LogP contribution is -2.30. The van der Waals surface area contributed by atoms with E-state index >= 15 is 0 Å². The Balaban J connectivity index is 2.38. The maximum atomic E-state index is 11.2. The molecule has 0 saturated heterocycles. The van der Waals surface area contributed by atoms with Crippen LogP contribution < -0.4 is 5.73 Å². The van der Waals surface area contributed by atoms with Crippen LogP contribution in [0, 0.1) is 5.41 Å². The molecule has 1 aliphatic carbocycles. The van der Waals surface area contributed by atoms with E-state index in [1.165, 1.54) is 0 Å². The summed E-state index contributed by atoms with van der Waals surface area (Å²) >= 11 is 0. The lowest BCUT2D eigenvalue weighted by atomic mass is 9.78. The summed E-state index contributed by atoms with van der Waals surface area (Å²) in [6.07, 6.45) is 4.20. The second-order valence-corrected chi connectivity index (χ2v) is 4.81. The molecule has 1 rings (SSSR count). The molecule has 0 aromatic heterocycles. The van der Waals surface area contributed by atoms with E-state index in [0.717, 1.165) is 6.42 Å². The standard InChI is InChI=1S/C10H20BNO4/c12-8-3-5-10(7-8,9(13)14)4-1-2-6-11(15)16/h8,15-16H,1-7,12H2,(H,13,14)/t8-,10-/m0/s1. The van der Waals surface area contributed by atoms with Crippen molar-refractivity contribution in [2.45, 2.75) is 50.9 Å². The Bertz CT molecular complexity index is 249. The number of unbranched alkanes of at least 4 members (excludes halogenated alkanes) is 1. The lowest BCUT2D eigenvalue weighted by molar-refractivity contribution is -0.149. The summed E-state index contributed by atoms with van der Waals surface area (Å²) in [5, 5.41) is 26.6. The van der Waals surface area contributed by atoms with E-state index in [1.807, 2.05) is 0 Å². The molecule has 5 nitrogen and oxygen atoms in total. The molecule has 0 aromatic carbocycles. The smallest absolute Gasteiger partial charge is 0.451 e. The van der Waals surface area contributed by atoms with E-state index in [9.17, 15) is 9.90 Å². The molecule has 0 amide bonds. The number of carbonyl (C=O) groups is 1. The number of hydrogen-bond acceptors (Lipinski definition) is 4. The molecular weight excluding hydrogens is 209 g/mol. The summed E-state index contributed by atoms with van der Waals surface area (Å²) < 4.78 is 0. The molecule has 0 heterocycles. The first-order valence-electron chi connectivity index (χ1n) is 5.81. The van der Waals surface area contributed by atoms with E-state index < -0.39 is 18.5 Å². The van der Waals surface area contributed by atoms with E-state index in [-0.39, 0.29) is 6.04 Å². The van der Waals surface area contributed by atoms with Gasteiger partial charge in [0, 0.05) is 6.04 Å². The van der Waals surface area contributed by atoms with Crippen molar-refractivity contribution in [3.05, 3.63) is 0 Å². The van der Waals surface area contributed by atoms with Crippen molar-refractivity contribution in [1.82, 2.24) is 0 Å². The normalized spacial score (nSPS) is 29.3. The predicted molar refractivity (Wildman–Crippen MR) is 60.7 cm³/mol. The van der Waals surface area contributed by atoms with Gasteiger partial charge in [0.25, 0.3) is 0 Å². The SMILES string of the molecule is N[C@H]1CC[C@](CCCCB(O)O)(C(=O)O)C1. The molecule has 0 aliphatic heterocycles. The third-order valence-electron chi connectivity index (χ3n) is 3.47. The quantitative estimate of drug-likeness (QED) is 0.385. The zero-order chi connectivity index (χ0) is 12.2. The van der Waals surface area contributed by atoms with Crippen LogP contribution in [0.5, 0.6) is 0 Å². The molecule has 0 aromatic rings. The summed E-state index contributed by atoms with van der Waals surface area (Å²) in [5.41, 5.74) is 5.09. The Labute approximate surface area is 95.8 Å². The Morgan fingerprint density at radius 3 is 2.56 bits per heavy atom. The van der Waals surface area contributed by atoms with Crippen LogP contribution in [-0.2, 0) is 4.79 Å². The van der Waals surface area contributed by atoms with E-state index in [1.54, 1.807) is 0 Å². The molecule has 1 aliphatic rings. The van der Waals surface area contributed by atoms with Crippen molar-refractivity contribution in [3.8, 4) is 0 Å². The van der Waals surface area contributed by atoms with Gasteiger partial charge in [0.05, 0.1) is 5.41 Å². The van der Waals surface area contributed by atoms with Gasteiger partial charge in [0.1, 0.15) is 0 Å². The molecule has 5 N–H and O–H groups in total. The molecule has 6 heteroatoms. The molecule has 2 atom stereocenters. The molecule has 1 saturated carbocycles. The molecule has 16 heavy (non-hydrogen) atoms. The van der Waals surface area contributed by atoms with Crippen LogP contribution in [0.3, 0.4) is 0 Å². The molecule has 0 bridgehead atoms. The lowest BCUT2D eigenvalue weighted by Gasteiger charge is -2.23. The molecule has 1 fully saturated rings. The van der Waals surface area contributed by atoms with Gasteiger partial charge in [-0.05, 0) is 32.0 Å². The van der Waals surface area contributed by atoms with Gasteiger partial charge in [-0.25, -0.2) is 0 Å². The van der Waals surface area contributed by atoms with Crippen LogP contribution in [0.25, 0.3) is 0 Å².